The third-order valence-electron chi connectivity index (χ3n) is 7.01. The summed E-state index contributed by atoms with van der Waals surface area (Å²) in [5, 5.41) is 2.53. The summed E-state index contributed by atoms with van der Waals surface area (Å²) in [4.78, 5) is 3.74. The summed E-state index contributed by atoms with van der Waals surface area (Å²) in [6, 6.07) is 38.8. The Labute approximate surface area is 198 Å². The van der Waals surface area contributed by atoms with Gasteiger partial charge in [-0.1, -0.05) is 91.0 Å². The predicted octanol–water partition coefficient (Wildman–Crippen LogP) is 8.28. The number of nitrogens with one attached hydrogen (secondary N) is 1. The summed E-state index contributed by atoms with van der Waals surface area (Å²) < 4.78 is 6.56. The maximum atomic E-state index is 6.56. The lowest BCUT2D eigenvalue weighted by Gasteiger charge is -2.15. The predicted molar refractivity (Wildman–Crippen MR) is 140 cm³/mol. The molecule has 6 aromatic rings. The van der Waals surface area contributed by atoms with Gasteiger partial charge in [-0.15, -0.1) is 0 Å². The molecule has 0 atom stereocenters. The average molecular weight is 438 g/mol. The topological polar surface area (TPSA) is 25.0 Å². The first-order valence-corrected chi connectivity index (χ1v) is 11.8. The van der Waals surface area contributed by atoms with E-state index in [1.807, 2.05) is 0 Å². The number of aromatic nitrogens is 1. The Hall–Kier alpha value is -4.30. The van der Waals surface area contributed by atoms with Crippen LogP contribution in [0.25, 0.3) is 32.9 Å². The van der Waals surface area contributed by atoms with E-state index in [4.69, 9.17) is 4.74 Å². The monoisotopic (exact) mass is 437 g/mol. The molecule has 34 heavy (non-hydrogen) atoms. The second-order valence-electron chi connectivity index (χ2n) is 9.01. The summed E-state index contributed by atoms with van der Waals surface area (Å²) in [6.07, 6.45) is 1.60. The van der Waals surface area contributed by atoms with Crippen LogP contribution in [0.2, 0.25) is 0 Å². The van der Waals surface area contributed by atoms with Crippen LogP contribution in [0.4, 0.5) is 0 Å². The van der Waals surface area contributed by atoms with Gasteiger partial charge in [0.15, 0.2) is 0 Å². The molecule has 1 aliphatic rings. The third-order valence-corrected chi connectivity index (χ3v) is 7.01. The van der Waals surface area contributed by atoms with E-state index >= 15 is 0 Å². The average Bonchev–Trinajstić information content (AvgIpc) is 3.25. The number of rotatable bonds is 0. The van der Waals surface area contributed by atoms with Crippen LogP contribution in [-0.4, -0.2) is 4.98 Å². The van der Waals surface area contributed by atoms with E-state index in [1.165, 1.54) is 55.2 Å². The van der Waals surface area contributed by atoms with Crippen LogP contribution < -0.4 is 4.74 Å². The first-order valence-electron chi connectivity index (χ1n) is 11.8. The Morgan fingerprint density at radius 1 is 0.500 bits per heavy atom. The van der Waals surface area contributed by atoms with Crippen LogP contribution in [0.15, 0.2) is 109 Å². The number of H-pyrrole nitrogens is 1. The van der Waals surface area contributed by atoms with Crippen molar-refractivity contribution in [2.75, 3.05) is 0 Å². The van der Waals surface area contributed by atoms with Gasteiger partial charge in [0, 0.05) is 29.1 Å². The lowest BCUT2D eigenvalue weighted by molar-refractivity contribution is 0.472. The maximum absolute atomic E-state index is 6.56. The molecule has 0 amide bonds. The highest BCUT2D eigenvalue weighted by atomic mass is 16.5. The maximum Gasteiger partial charge on any atom is 0.130 e. The molecule has 162 valence electrons. The van der Waals surface area contributed by atoms with Crippen molar-refractivity contribution in [1.82, 2.24) is 4.98 Å². The van der Waals surface area contributed by atoms with E-state index in [0.717, 1.165) is 24.3 Å². The van der Waals surface area contributed by atoms with E-state index in [-0.39, 0.29) is 0 Å². The number of para-hydroxylation sites is 3. The fraction of sp³-hybridized carbons (Fsp3) is 0.0625. The van der Waals surface area contributed by atoms with Gasteiger partial charge < -0.3 is 9.72 Å². The molecular formula is C32H23NO. The fourth-order valence-corrected chi connectivity index (χ4v) is 5.36. The van der Waals surface area contributed by atoms with Crippen molar-refractivity contribution in [2.45, 2.75) is 12.8 Å². The van der Waals surface area contributed by atoms with Gasteiger partial charge in [0.1, 0.15) is 11.5 Å². The Morgan fingerprint density at radius 2 is 1.15 bits per heavy atom. The number of hydrogen-bond acceptors (Lipinski definition) is 1. The van der Waals surface area contributed by atoms with Crippen molar-refractivity contribution in [3.8, 4) is 22.6 Å². The molecule has 1 aliphatic heterocycles. The normalized spacial score (nSPS) is 12.7. The molecule has 1 N–H and O–H groups in total. The van der Waals surface area contributed by atoms with Gasteiger partial charge in [0.2, 0.25) is 0 Å². The van der Waals surface area contributed by atoms with E-state index in [9.17, 15) is 0 Å². The van der Waals surface area contributed by atoms with Gasteiger partial charge in [-0.05, 0) is 51.6 Å². The minimum absolute atomic E-state index is 0.784. The lowest BCUT2D eigenvalue weighted by Crippen LogP contribution is -1.97. The van der Waals surface area contributed by atoms with E-state index in [2.05, 4.69) is 114 Å². The van der Waals surface area contributed by atoms with Gasteiger partial charge in [0.05, 0.1) is 5.52 Å². The second-order valence-corrected chi connectivity index (χ2v) is 9.01. The zero-order valence-corrected chi connectivity index (χ0v) is 18.7. The zero-order chi connectivity index (χ0) is 22.5. The standard InChI is InChI=1S/C32H23NO/c1-4-12-24-21(9-1)19-22-10-2-7-15-30(22)34-31-16-8-3-11-23(31)20-28-25(24)17-18-27-26-13-5-6-14-29(26)33-32(27)28/h1-18,33H,19-20H2. The van der Waals surface area contributed by atoms with E-state index in [0.29, 0.717) is 0 Å². The van der Waals surface area contributed by atoms with Crippen molar-refractivity contribution in [3.05, 3.63) is 131 Å². The van der Waals surface area contributed by atoms with Gasteiger partial charge in [-0.3, -0.25) is 0 Å². The molecule has 0 unspecified atom stereocenters. The highest BCUT2D eigenvalue weighted by Gasteiger charge is 2.20. The summed E-state index contributed by atoms with van der Waals surface area (Å²) in [5.74, 6) is 1.84. The molecule has 5 aromatic carbocycles. The molecule has 0 spiro atoms. The molecule has 2 nitrogen and oxygen atoms in total. The Balaban J connectivity index is 1.57. The Kier molecular flexibility index (Phi) is 4.31. The molecule has 2 heteroatoms. The molecule has 1 aromatic heterocycles. The van der Waals surface area contributed by atoms with Crippen LogP contribution in [0.3, 0.4) is 0 Å². The highest BCUT2D eigenvalue weighted by Crippen LogP contribution is 2.40. The molecule has 2 heterocycles. The van der Waals surface area contributed by atoms with Crippen LogP contribution in [0.1, 0.15) is 22.3 Å². The molecule has 7 rings (SSSR count). The Morgan fingerprint density at radius 3 is 1.97 bits per heavy atom. The number of ether oxygens (including phenoxy) is 1. The summed E-state index contributed by atoms with van der Waals surface area (Å²) in [6.45, 7) is 0. The molecular weight excluding hydrogens is 414 g/mol. The first kappa shape index (κ1) is 19.2. The highest BCUT2D eigenvalue weighted by molar-refractivity contribution is 6.09. The molecule has 0 bridgehead atoms. The van der Waals surface area contributed by atoms with Crippen molar-refractivity contribution >= 4 is 21.8 Å². The first-order chi connectivity index (χ1) is 16.8. The third kappa shape index (κ3) is 3.03. The van der Waals surface area contributed by atoms with Crippen LogP contribution >= 0.6 is 0 Å². The van der Waals surface area contributed by atoms with Crippen LogP contribution in [0.5, 0.6) is 11.5 Å². The van der Waals surface area contributed by atoms with Crippen LogP contribution in [-0.2, 0) is 12.8 Å². The molecule has 0 radical (unpaired) electrons. The lowest BCUT2D eigenvalue weighted by atomic mass is 9.88. The minimum Gasteiger partial charge on any atom is -0.457 e. The number of benzene rings is 5. The van der Waals surface area contributed by atoms with Crippen LogP contribution in [0, 0.1) is 0 Å². The number of hydrogen-bond donors (Lipinski definition) is 1. The molecule has 0 aliphatic carbocycles. The SMILES string of the molecule is c1ccc2c(c1)Cc1ccccc1-c1ccc3c([nH]c4ccccc43)c1Cc1ccccc1O2. The van der Waals surface area contributed by atoms with Gasteiger partial charge in [0.25, 0.3) is 0 Å². The van der Waals surface area contributed by atoms with Crippen molar-refractivity contribution in [3.63, 3.8) is 0 Å². The van der Waals surface area contributed by atoms with Crippen molar-refractivity contribution in [2.24, 2.45) is 0 Å². The van der Waals surface area contributed by atoms with Gasteiger partial charge in [-0.2, -0.15) is 0 Å². The largest absolute Gasteiger partial charge is 0.457 e. The minimum atomic E-state index is 0.784. The Bertz CT molecular complexity index is 1690. The molecule has 0 fully saturated rings. The molecule has 0 saturated carbocycles. The number of fused-ring (bicyclic) bond motifs is 9. The smallest absolute Gasteiger partial charge is 0.130 e. The van der Waals surface area contributed by atoms with Crippen molar-refractivity contribution in [1.29, 1.82) is 0 Å². The van der Waals surface area contributed by atoms with E-state index < -0.39 is 0 Å². The van der Waals surface area contributed by atoms with Crippen molar-refractivity contribution < 1.29 is 4.74 Å². The summed E-state index contributed by atoms with van der Waals surface area (Å²) in [5.41, 5.74) is 9.94. The zero-order valence-electron chi connectivity index (χ0n) is 18.7. The molecule has 0 saturated heterocycles. The quantitative estimate of drug-likeness (QED) is 0.254. The van der Waals surface area contributed by atoms with Gasteiger partial charge in [-0.25, -0.2) is 0 Å². The summed E-state index contributed by atoms with van der Waals surface area (Å²) >= 11 is 0. The van der Waals surface area contributed by atoms with E-state index in [1.54, 1.807) is 0 Å². The van der Waals surface area contributed by atoms with Gasteiger partial charge >= 0.3 is 0 Å². The summed E-state index contributed by atoms with van der Waals surface area (Å²) in [7, 11) is 0. The number of aromatic amines is 1. The second kappa shape index (κ2) is 7.64. The fourth-order valence-electron chi connectivity index (χ4n) is 5.36.